The first kappa shape index (κ1) is 16.5. The molecule has 3 N–H and O–H groups in total. The molecule has 3 atom stereocenters. The van der Waals surface area contributed by atoms with Gasteiger partial charge in [-0.2, -0.15) is 0 Å². The van der Waals surface area contributed by atoms with Crippen LogP contribution in [0.4, 0.5) is 0 Å². The molecule has 1 saturated carbocycles. The monoisotopic (exact) mass is 308 g/mol. The fourth-order valence-electron chi connectivity index (χ4n) is 2.75. The standard InChI is InChI=1S/C16H24N2O4/c1-10(2)14(18-15(20)13-7-4-8-22-13)16(21)17-9-11-5-3-6-12(11)19/h4,7-8,10-12,14,19H,3,5-6,9H2,1-2H3,(H,17,21)(H,18,20). The molecule has 0 saturated heterocycles. The molecular weight excluding hydrogens is 284 g/mol. The highest BCUT2D eigenvalue weighted by atomic mass is 16.3. The molecule has 6 nitrogen and oxygen atoms in total. The molecule has 0 spiro atoms. The van der Waals surface area contributed by atoms with Crippen LogP contribution < -0.4 is 10.6 Å². The SMILES string of the molecule is CC(C)C(NC(=O)c1ccco1)C(=O)NCC1CCCC1O. The summed E-state index contributed by atoms with van der Waals surface area (Å²) in [6, 6.07) is 2.55. The summed E-state index contributed by atoms with van der Waals surface area (Å²) in [5.74, 6) is -0.386. The highest BCUT2D eigenvalue weighted by Gasteiger charge is 2.29. The van der Waals surface area contributed by atoms with E-state index in [2.05, 4.69) is 10.6 Å². The molecule has 1 aromatic rings. The first-order valence-corrected chi connectivity index (χ1v) is 7.79. The van der Waals surface area contributed by atoms with Gasteiger partial charge < -0.3 is 20.2 Å². The molecule has 1 aliphatic carbocycles. The summed E-state index contributed by atoms with van der Waals surface area (Å²) in [6.07, 6.45) is 3.79. The number of carbonyl (C=O) groups excluding carboxylic acids is 2. The van der Waals surface area contributed by atoms with Crippen molar-refractivity contribution in [1.29, 1.82) is 0 Å². The number of furan rings is 1. The number of amides is 2. The van der Waals surface area contributed by atoms with E-state index in [1.807, 2.05) is 13.8 Å². The van der Waals surface area contributed by atoms with Crippen molar-refractivity contribution in [2.24, 2.45) is 11.8 Å². The molecule has 0 aromatic carbocycles. The zero-order valence-electron chi connectivity index (χ0n) is 13.0. The average molecular weight is 308 g/mol. The molecule has 0 radical (unpaired) electrons. The van der Waals surface area contributed by atoms with Gasteiger partial charge in [0.15, 0.2) is 5.76 Å². The molecule has 1 heterocycles. The number of aliphatic hydroxyl groups is 1. The van der Waals surface area contributed by atoms with E-state index >= 15 is 0 Å². The summed E-state index contributed by atoms with van der Waals surface area (Å²) in [6.45, 7) is 4.19. The Bertz CT molecular complexity index is 498. The molecule has 3 unspecified atom stereocenters. The van der Waals surface area contributed by atoms with Gasteiger partial charge in [0.2, 0.25) is 5.91 Å². The van der Waals surface area contributed by atoms with Gasteiger partial charge in [-0.15, -0.1) is 0 Å². The van der Waals surface area contributed by atoms with Crippen molar-refractivity contribution in [3.8, 4) is 0 Å². The summed E-state index contributed by atoms with van der Waals surface area (Å²) in [5, 5.41) is 15.3. The number of aliphatic hydroxyl groups excluding tert-OH is 1. The van der Waals surface area contributed by atoms with E-state index in [0.29, 0.717) is 6.54 Å². The van der Waals surface area contributed by atoms with Crippen LogP contribution in [0, 0.1) is 11.8 Å². The van der Waals surface area contributed by atoms with Crippen molar-refractivity contribution in [2.45, 2.75) is 45.3 Å². The van der Waals surface area contributed by atoms with Gasteiger partial charge in [-0.1, -0.05) is 20.3 Å². The summed E-state index contributed by atoms with van der Waals surface area (Å²) in [5.41, 5.74) is 0. The lowest BCUT2D eigenvalue weighted by Gasteiger charge is -2.23. The Balaban J connectivity index is 1.89. The predicted octanol–water partition coefficient (Wildman–Crippen LogP) is 1.31. The van der Waals surface area contributed by atoms with Gasteiger partial charge in [0.05, 0.1) is 12.4 Å². The van der Waals surface area contributed by atoms with Crippen molar-refractivity contribution in [3.05, 3.63) is 24.2 Å². The van der Waals surface area contributed by atoms with E-state index in [0.717, 1.165) is 19.3 Å². The van der Waals surface area contributed by atoms with Crippen LogP contribution in [0.1, 0.15) is 43.7 Å². The summed E-state index contributed by atoms with van der Waals surface area (Å²) < 4.78 is 5.03. The van der Waals surface area contributed by atoms with Crippen LogP contribution in [0.3, 0.4) is 0 Å². The van der Waals surface area contributed by atoms with Crippen LogP contribution in [0.25, 0.3) is 0 Å². The highest BCUT2D eigenvalue weighted by molar-refractivity contribution is 5.95. The first-order chi connectivity index (χ1) is 10.5. The van der Waals surface area contributed by atoms with Crippen LogP contribution in [-0.4, -0.2) is 35.6 Å². The molecule has 1 aliphatic rings. The van der Waals surface area contributed by atoms with E-state index in [1.54, 1.807) is 12.1 Å². The van der Waals surface area contributed by atoms with Gasteiger partial charge >= 0.3 is 0 Å². The fraction of sp³-hybridized carbons (Fsp3) is 0.625. The van der Waals surface area contributed by atoms with E-state index in [-0.39, 0.29) is 29.6 Å². The molecular formula is C16H24N2O4. The molecule has 0 aliphatic heterocycles. The zero-order chi connectivity index (χ0) is 16.1. The average Bonchev–Trinajstić information content (AvgIpc) is 3.13. The number of hydrogen-bond acceptors (Lipinski definition) is 4. The van der Waals surface area contributed by atoms with Gasteiger partial charge in [0, 0.05) is 12.5 Å². The second-order valence-corrected chi connectivity index (χ2v) is 6.18. The lowest BCUT2D eigenvalue weighted by molar-refractivity contribution is -0.124. The second kappa shape index (κ2) is 7.45. The van der Waals surface area contributed by atoms with Gasteiger partial charge in [0.25, 0.3) is 5.91 Å². The van der Waals surface area contributed by atoms with Gasteiger partial charge in [0.1, 0.15) is 6.04 Å². The van der Waals surface area contributed by atoms with Crippen molar-refractivity contribution < 1.29 is 19.1 Å². The lowest BCUT2D eigenvalue weighted by atomic mass is 10.0. The molecule has 2 amide bonds. The van der Waals surface area contributed by atoms with Crippen LogP contribution in [-0.2, 0) is 4.79 Å². The van der Waals surface area contributed by atoms with Crippen LogP contribution in [0.2, 0.25) is 0 Å². The molecule has 1 aromatic heterocycles. The summed E-state index contributed by atoms with van der Waals surface area (Å²) in [7, 11) is 0. The van der Waals surface area contributed by atoms with E-state index in [4.69, 9.17) is 4.42 Å². The number of rotatable bonds is 6. The smallest absolute Gasteiger partial charge is 0.287 e. The molecule has 2 rings (SSSR count). The minimum absolute atomic E-state index is 0.0487. The minimum Gasteiger partial charge on any atom is -0.459 e. The highest BCUT2D eigenvalue weighted by Crippen LogP contribution is 2.24. The van der Waals surface area contributed by atoms with Crippen molar-refractivity contribution in [2.75, 3.05) is 6.54 Å². The van der Waals surface area contributed by atoms with Crippen LogP contribution in [0.15, 0.2) is 22.8 Å². The summed E-state index contributed by atoms with van der Waals surface area (Å²) >= 11 is 0. The molecule has 122 valence electrons. The molecule has 1 fully saturated rings. The Morgan fingerprint density at radius 1 is 1.41 bits per heavy atom. The van der Waals surface area contributed by atoms with E-state index in [1.165, 1.54) is 6.26 Å². The quantitative estimate of drug-likeness (QED) is 0.739. The van der Waals surface area contributed by atoms with Crippen molar-refractivity contribution in [3.63, 3.8) is 0 Å². The number of carbonyl (C=O) groups is 2. The zero-order valence-corrected chi connectivity index (χ0v) is 13.0. The number of hydrogen-bond donors (Lipinski definition) is 3. The van der Waals surface area contributed by atoms with Gasteiger partial charge in [-0.3, -0.25) is 9.59 Å². The third-order valence-corrected chi connectivity index (χ3v) is 4.14. The Morgan fingerprint density at radius 3 is 2.73 bits per heavy atom. The second-order valence-electron chi connectivity index (χ2n) is 6.18. The Kier molecular flexibility index (Phi) is 5.60. The van der Waals surface area contributed by atoms with E-state index < -0.39 is 11.9 Å². The number of nitrogens with one attached hydrogen (secondary N) is 2. The Labute approximate surface area is 130 Å². The maximum atomic E-state index is 12.3. The topological polar surface area (TPSA) is 91.6 Å². The first-order valence-electron chi connectivity index (χ1n) is 7.79. The molecule has 22 heavy (non-hydrogen) atoms. The van der Waals surface area contributed by atoms with Gasteiger partial charge in [-0.05, 0) is 30.9 Å². The van der Waals surface area contributed by atoms with E-state index in [9.17, 15) is 14.7 Å². The van der Waals surface area contributed by atoms with Crippen molar-refractivity contribution >= 4 is 11.8 Å². The maximum absolute atomic E-state index is 12.3. The normalized spacial score (nSPS) is 22.5. The Hall–Kier alpha value is -1.82. The third kappa shape index (κ3) is 4.10. The Morgan fingerprint density at radius 2 is 2.18 bits per heavy atom. The largest absolute Gasteiger partial charge is 0.459 e. The molecule has 0 bridgehead atoms. The van der Waals surface area contributed by atoms with Gasteiger partial charge in [-0.25, -0.2) is 0 Å². The minimum atomic E-state index is -0.629. The fourth-order valence-corrected chi connectivity index (χ4v) is 2.75. The van der Waals surface area contributed by atoms with Crippen molar-refractivity contribution in [1.82, 2.24) is 10.6 Å². The maximum Gasteiger partial charge on any atom is 0.287 e. The summed E-state index contributed by atoms with van der Waals surface area (Å²) in [4.78, 5) is 24.3. The predicted molar refractivity (Wildman–Crippen MR) is 81.2 cm³/mol. The van der Waals surface area contributed by atoms with Crippen LogP contribution >= 0.6 is 0 Å². The van der Waals surface area contributed by atoms with Crippen LogP contribution in [0.5, 0.6) is 0 Å². The lowest BCUT2D eigenvalue weighted by Crippen LogP contribution is -2.50. The third-order valence-electron chi connectivity index (χ3n) is 4.14. The molecule has 6 heteroatoms.